The summed E-state index contributed by atoms with van der Waals surface area (Å²) in [4.78, 5) is 0. The number of ether oxygens (including phenoxy) is 1. The van der Waals surface area contributed by atoms with Gasteiger partial charge in [0.25, 0.3) is 0 Å². The molecule has 0 amide bonds. The van der Waals surface area contributed by atoms with E-state index in [-0.39, 0.29) is 0 Å². The van der Waals surface area contributed by atoms with Gasteiger partial charge in [0.2, 0.25) is 0 Å². The molecule has 1 heterocycles. The molecule has 0 spiro atoms. The van der Waals surface area contributed by atoms with Crippen molar-refractivity contribution in [1.82, 2.24) is 10.7 Å². The fourth-order valence-corrected chi connectivity index (χ4v) is 2.38. The smallest absolute Gasteiger partial charge is 0.187 e. The molecule has 0 aliphatic heterocycles. The largest absolute Gasteiger partial charge is 0.454 e. The second-order valence-electron chi connectivity index (χ2n) is 4.82. The van der Waals surface area contributed by atoms with E-state index in [4.69, 9.17) is 21.4 Å². The van der Waals surface area contributed by atoms with Gasteiger partial charge in [0, 0.05) is 24.6 Å². The maximum atomic E-state index is 5.93. The van der Waals surface area contributed by atoms with Gasteiger partial charge in [0.15, 0.2) is 10.9 Å². The highest BCUT2D eigenvalue weighted by molar-refractivity contribution is 7.80. The summed E-state index contributed by atoms with van der Waals surface area (Å²) in [5.74, 6) is 0.802. The molecule has 1 aromatic carbocycles. The first kappa shape index (κ1) is 16.5. The fraction of sp³-hybridized carbons (Fsp3) is 0.375. The maximum Gasteiger partial charge on any atom is 0.187 e. The first-order valence-corrected chi connectivity index (χ1v) is 7.66. The van der Waals surface area contributed by atoms with Crippen LogP contribution >= 0.6 is 12.2 Å². The van der Waals surface area contributed by atoms with E-state index in [0.717, 1.165) is 34.4 Å². The number of nitrogens with one attached hydrogen (secondary N) is 2. The second kappa shape index (κ2) is 7.91. The van der Waals surface area contributed by atoms with Gasteiger partial charge in [-0.1, -0.05) is 25.1 Å². The summed E-state index contributed by atoms with van der Waals surface area (Å²) >= 11 is 5.15. The minimum Gasteiger partial charge on any atom is -0.454 e. The van der Waals surface area contributed by atoms with E-state index in [2.05, 4.69) is 28.8 Å². The van der Waals surface area contributed by atoms with Gasteiger partial charge in [0.1, 0.15) is 11.3 Å². The Kier molecular flexibility index (Phi) is 5.91. The van der Waals surface area contributed by atoms with Gasteiger partial charge in [0.05, 0.1) is 6.61 Å². The average Bonchev–Trinajstić information content (AvgIpc) is 2.91. The molecule has 22 heavy (non-hydrogen) atoms. The first-order chi connectivity index (χ1) is 10.7. The molecule has 0 saturated heterocycles. The highest BCUT2D eigenvalue weighted by atomic mass is 32.1. The van der Waals surface area contributed by atoms with Crippen molar-refractivity contribution in [3.8, 4) is 0 Å². The summed E-state index contributed by atoms with van der Waals surface area (Å²) in [5.41, 5.74) is 5.64. The van der Waals surface area contributed by atoms with E-state index >= 15 is 0 Å². The molecule has 118 valence electrons. The third kappa shape index (κ3) is 3.84. The summed E-state index contributed by atoms with van der Waals surface area (Å²) in [5, 5.41) is 8.91. The number of benzene rings is 1. The summed E-state index contributed by atoms with van der Waals surface area (Å²) in [6.07, 6.45) is 0.885. The lowest BCUT2D eigenvalue weighted by atomic mass is 10.1. The molecular formula is C16H21N3O2S. The van der Waals surface area contributed by atoms with E-state index in [9.17, 15) is 0 Å². The van der Waals surface area contributed by atoms with Crippen molar-refractivity contribution in [2.45, 2.75) is 20.3 Å². The van der Waals surface area contributed by atoms with Crippen LogP contribution in [-0.2, 0) is 11.2 Å². The number of thiocarbonyl (C=S) groups is 1. The summed E-state index contributed by atoms with van der Waals surface area (Å²) < 4.78 is 10.9. The fourth-order valence-electron chi connectivity index (χ4n) is 2.23. The van der Waals surface area contributed by atoms with Crippen LogP contribution in [-0.4, -0.2) is 31.1 Å². The zero-order chi connectivity index (χ0) is 15.9. The van der Waals surface area contributed by atoms with Crippen LogP contribution in [0.15, 0.2) is 33.8 Å². The van der Waals surface area contributed by atoms with Crippen molar-refractivity contribution in [1.29, 1.82) is 0 Å². The van der Waals surface area contributed by atoms with Crippen molar-refractivity contribution in [2.75, 3.05) is 20.3 Å². The van der Waals surface area contributed by atoms with E-state index < -0.39 is 0 Å². The zero-order valence-electron chi connectivity index (χ0n) is 13.1. The molecule has 0 bridgehead atoms. The number of furan rings is 1. The molecule has 6 heteroatoms. The van der Waals surface area contributed by atoms with Gasteiger partial charge in [-0.05, 0) is 31.6 Å². The topological polar surface area (TPSA) is 58.8 Å². The standard InChI is InChI=1S/C16H21N3O2S/c1-4-12-13-7-5-6-8-14(13)21-15(12)11(2)18-19-16(22)17-9-10-20-3/h5-8H,4,9-10H2,1-3H3,(H2,17,19,22)/b18-11-. The predicted molar refractivity (Wildman–Crippen MR) is 93.4 cm³/mol. The minimum absolute atomic E-state index is 0.463. The lowest BCUT2D eigenvalue weighted by Gasteiger charge is -2.07. The average molecular weight is 319 g/mol. The molecule has 0 unspecified atom stereocenters. The zero-order valence-corrected chi connectivity index (χ0v) is 13.9. The minimum atomic E-state index is 0.463. The molecule has 2 aromatic rings. The van der Waals surface area contributed by atoms with Crippen LogP contribution in [0, 0.1) is 0 Å². The highest BCUT2D eigenvalue weighted by Gasteiger charge is 2.14. The Balaban J connectivity index is 2.13. The molecule has 2 N–H and O–H groups in total. The van der Waals surface area contributed by atoms with E-state index in [1.54, 1.807) is 7.11 Å². The van der Waals surface area contributed by atoms with Gasteiger partial charge >= 0.3 is 0 Å². The van der Waals surface area contributed by atoms with Crippen LogP contribution in [0.4, 0.5) is 0 Å². The third-order valence-corrected chi connectivity index (χ3v) is 3.53. The van der Waals surface area contributed by atoms with Gasteiger partial charge in [-0.3, -0.25) is 5.43 Å². The van der Waals surface area contributed by atoms with Crippen LogP contribution < -0.4 is 10.7 Å². The number of hydrogen-bond donors (Lipinski definition) is 2. The van der Waals surface area contributed by atoms with Crippen molar-refractivity contribution >= 4 is 34.0 Å². The van der Waals surface area contributed by atoms with Crippen LogP contribution in [0.25, 0.3) is 11.0 Å². The molecule has 2 rings (SSSR count). The van der Waals surface area contributed by atoms with Crippen LogP contribution in [0.1, 0.15) is 25.2 Å². The Morgan fingerprint density at radius 3 is 2.86 bits per heavy atom. The van der Waals surface area contributed by atoms with Crippen molar-refractivity contribution < 1.29 is 9.15 Å². The normalized spacial score (nSPS) is 11.7. The van der Waals surface area contributed by atoms with Crippen LogP contribution in [0.2, 0.25) is 0 Å². The van der Waals surface area contributed by atoms with Crippen molar-refractivity contribution in [2.24, 2.45) is 5.10 Å². The quantitative estimate of drug-likeness (QED) is 0.371. The predicted octanol–water partition coefficient (Wildman–Crippen LogP) is 2.83. The second-order valence-corrected chi connectivity index (χ2v) is 5.23. The molecule has 0 saturated carbocycles. The van der Waals surface area contributed by atoms with E-state index in [0.29, 0.717) is 18.3 Å². The summed E-state index contributed by atoms with van der Waals surface area (Å²) in [6.45, 7) is 5.25. The molecule has 0 aliphatic carbocycles. The Morgan fingerprint density at radius 2 is 2.14 bits per heavy atom. The number of hydrazone groups is 1. The summed E-state index contributed by atoms with van der Waals surface area (Å²) in [7, 11) is 1.65. The summed E-state index contributed by atoms with van der Waals surface area (Å²) in [6, 6.07) is 8.02. The molecule has 0 aliphatic rings. The lowest BCUT2D eigenvalue weighted by Crippen LogP contribution is -2.34. The number of aryl methyl sites for hydroxylation is 1. The van der Waals surface area contributed by atoms with E-state index in [1.807, 2.05) is 25.1 Å². The number of rotatable bonds is 6. The SMILES string of the molecule is CCc1c(/C(C)=N\NC(=S)NCCOC)oc2ccccc12. The van der Waals surface area contributed by atoms with Gasteiger partial charge in [-0.15, -0.1) is 0 Å². The Bertz CT molecular complexity index is 679. The molecule has 1 aromatic heterocycles. The lowest BCUT2D eigenvalue weighted by molar-refractivity contribution is 0.204. The van der Waals surface area contributed by atoms with Gasteiger partial charge in [-0.25, -0.2) is 0 Å². The van der Waals surface area contributed by atoms with Crippen molar-refractivity contribution in [3.63, 3.8) is 0 Å². The molecule has 0 atom stereocenters. The van der Waals surface area contributed by atoms with Gasteiger partial charge < -0.3 is 14.5 Å². The monoisotopic (exact) mass is 319 g/mol. The molecule has 5 nitrogen and oxygen atoms in total. The van der Waals surface area contributed by atoms with E-state index in [1.165, 1.54) is 0 Å². The number of nitrogens with zero attached hydrogens (tertiary/aromatic N) is 1. The first-order valence-electron chi connectivity index (χ1n) is 7.25. The Morgan fingerprint density at radius 1 is 1.36 bits per heavy atom. The number of para-hydroxylation sites is 1. The number of hydrogen-bond acceptors (Lipinski definition) is 4. The Labute approximate surface area is 135 Å². The molecule has 0 fully saturated rings. The van der Waals surface area contributed by atoms with Gasteiger partial charge in [-0.2, -0.15) is 5.10 Å². The van der Waals surface area contributed by atoms with Crippen LogP contribution in [0.5, 0.6) is 0 Å². The molecular weight excluding hydrogens is 298 g/mol. The van der Waals surface area contributed by atoms with Crippen molar-refractivity contribution in [3.05, 3.63) is 35.6 Å². The Hall–Kier alpha value is -1.92. The molecule has 0 radical (unpaired) electrons. The number of methoxy groups -OCH3 is 1. The van der Waals surface area contributed by atoms with Crippen LogP contribution in [0.3, 0.4) is 0 Å². The maximum absolute atomic E-state index is 5.93. The number of fused-ring (bicyclic) bond motifs is 1. The highest BCUT2D eigenvalue weighted by Crippen LogP contribution is 2.26. The third-order valence-electron chi connectivity index (χ3n) is 3.30.